The molecule has 5 N–H and O–H groups in total. The van der Waals surface area contributed by atoms with Crippen molar-refractivity contribution in [3.8, 4) is 0 Å². The van der Waals surface area contributed by atoms with Crippen LogP contribution in [0.3, 0.4) is 0 Å². The van der Waals surface area contributed by atoms with Gasteiger partial charge in [-0.25, -0.2) is 0 Å². The fourth-order valence-corrected chi connectivity index (χ4v) is 0.817. The van der Waals surface area contributed by atoms with E-state index in [0.29, 0.717) is 13.1 Å². The van der Waals surface area contributed by atoms with Gasteiger partial charge in [-0.1, -0.05) is 0 Å². The molecule has 0 fully saturated rings. The van der Waals surface area contributed by atoms with Gasteiger partial charge in [0.15, 0.2) is 5.78 Å². The number of nitrogens with one attached hydrogen (secondary N) is 1. The van der Waals surface area contributed by atoms with Crippen molar-refractivity contribution in [2.45, 2.75) is 32.4 Å². The van der Waals surface area contributed by atoms with E-state index in [1.807, 2.05) is 6.92 Å². The van der Waals surface area contributed by atoms with Crippen LogP contribution in [0.25, 0.3) is 0 Å². The van der Waals surface area contributed by atoms with Crippen LogP contribution in [0.1, 0.15) is 20.8 Å². The lowest BCUT2D eigenvalue weighted by molar-refractivity contribution is -0.122. The highest BCUT2D eigenvalue weighted by Crippen LogP contribution is 2.06. The van der Waals surface area contributed by atoms with Crippen molar-refractivity contribution >= 4 is 5.78 Å². The van der Waals surface area contributed by atoms with E-state index < -0.39 is 5.54 Å². The Kier molecular flexibility index (Phi) is 4.37. The lowest BCUT2D eigenvalue weighted by atomic mass is 9.91. The maximum Gasteiger partial charge on any atom is 0.150 e. The highest BCUT2D eigenvalue weighted by molar-refractivity contribution is 5.86. The third-order valence-electron chi connectivity index (χ3n) is 2.25. The van der Waals surface area contributed by atoms with E-state index >= 15 is 0 Å². The normalized spacial score (nSPS) is 18.4. The number of ketones is 1. The van der Waals surface area contributed by atoms with Crippen molar-refractivity contribution in [3.05, 3.63) is 0 Å². The van der Waals surface area contributed by atoms with E-state index in [9.17, 15) is 4.79 Å². The molecule has 12 heavy (non-hydrogen) atoms. The van der Waals surface area contributed by atoms with E-state index in [4.69, 9.17) is 11.5 Å². The summed E-state index contributed by atoms with van der Waals surface area (Å²) in [4.78, 5) is 11.1. The molecule has 0 heterocycles. The predicted octanol–water partition coefficient (Wildman–Crippen LogP) is -0.770. The Balaban J connectivity index is 4.06. The molecule has 2 unspecified atom stereocenters. The lowest BCUT2D eigenvalue weighted by Gasteiger charge is -2.29. The molecule has 0 aliphatic carbocycles. The van der Waals surface area contributed by atoms with Gasteiger partial charge in [0.1, 0.15) is 0 Å². The fraction of sp³-hybridized carbons (Fsp3) is 0.875. The number of carbonyl (C=O) groups is 1. The van der Waals surface area contributed by atoms with E-state index in [-0.39, 0.29) is 11.8 Å². The molecule has 4 nitrogen and oxygen atoms in total. The first-order chi connectivity index (χ1) is 5.42. The number of Topliss-reactive ketones (excluding diaryl/α,β-unsaturated/α-hetero) is 1. The molecule has 0 aromatic carbocycles. The van der Waals surface area contributed by atoms with Crippen LogP contribution in [0, 0.1) is 0 Å². The number of hydrogen-bond acceptors (Lipinski definition) is 4. The van der Waals surface area contributed by atoms with Gasteiger partial charge in [0, 0.05) is 19.1 Å². The molecule has 0 radical (unpaired) electrons. The molecule has 2 atom stereocenters. The summed E-state index contributed by atoms with van der Waals surface area (Å²) in [5.74, 6) is -0.0143. The number of nitrogens with two attached hydrogens (primary N) is 2. The topological polar surface area (TPSA) is 81.1 Å². The summed E-state index contributed by atoms with van der Waals surface area (Å²) in [5, 5.41) is 3.08. The number of hydrogen-bond donors (Lipinski definition) is 3. The van der Waals surface area contributed by atoms with Crippen LogP contribution < -0.4 is 16.8 Å². The van der Waals surface area contributed by atoms with Crippen molar-refractivity contribution in [1.82, 2.24) is 5.32 Å². The van der Waals surface area contributed by atoms with Crippen LogP contribution in [-0.2, 0) is 4.79 Å². The Morgan fingerprint density at radius 3 is 2.50 bits per heavy atom. The van der Waals surface area contributed by atoms with E-state index in [1.54, 1.807) is 6.92 Å². The quantitative estimate of drug-likeness (QED) is 0.510. The highest BCUT2D eigenvalue weighted by Gasteiger charge is 2.30. The molecule has 0 saturated heterocycles. The first-order valence-electron chi connectivity index (χ1n) is 4.16. The van der Waals surface area contributed by atoms with Crippen LogP contribution >= 0.6 is 0 Å². The third kappa shape index (κ3) is 2.89. The van der Waals surface area contributed by atoms with Crippen molar-refractivity contribution in [1.29, 1.82) is 0 Å². The molecule has 0 aliphatic rings. The second-order valence-electron chi connectivity index (χ2n) is 3.30. The second kappa shape index (κ2) is 4.54. The maximum absolute atomic E-state index is 11.1. The van der Waals surface area contributed by atoms with Crippen molar-refractivity contribution in [2.24, 2.45) is 11.5 Å². The third-order valence-corrected chi connectivity index (χ3v) is 2.25. The summed E-state index contributed by atoms with van der Waals surface area (Å²) >= 11 is 0. The largest absolute Gasteiger partial charge is 0.329 e. The smallest absolute Gasteiger partial charge is 0.150 e. The molecule has 0 saturated carbocycles. The highest BCUT2D eigenvalue weighted by atomic mass is 16.1. The first-order valence-corrected chi connectivity index (χ1v) is 4.16. The zero-order chi connectivity index (χ0) is 9.78. The molecular formula is C8H19N3O. The van der Waals surface area contributed by atoms with Gasteiger partial charge >= 0.3 is 0 Å². The molecule has 72 valence electrons. The van der Waals surface area contributed by atoms with Gasteiger partial charge in [0.05, 0.1) is 5.54 Å². The van der Waals surface area contributed by atoms with Crippen LogP contribution in [0.2, 0.25) is 0 Å². The molecule has 0 spiro atoms. The molecule has 0 amide bonds. The van der Waals surface area contributed by atoms with E-state index in [2.05, 4.69) is 5.32 Å². The molecule has 4 heteroatoms. The fourth-order valence-electron chi connectivity index (χ4n) is 0.817. The van der Waals surface area contributed by atoms with Crippen LogP contribution in [0.15, 0.2) is 0 Å². The van der Waals surface area contributed by atoms with Crippen LogP contribution in [0.5, 0.6) is 0 Å². The predicted molar refractivity (Wildman–Crippen MR) is 49.8 cm³/mol. The summed E-state index contributed by atoms with van der Waals surface area (Å²) in [6, 6.07) is -0.0430. The van der Waals surface area contributed by atoms with E-state index in [0.717, 1.165) is 0 Å². The molecule has 0 aliphatic heterocycles. The zero-order valence-corrected chi connectivity index (χ0v) is 8.05. The number of rotatable bonds is 5. The average Bonchev–Trinajstić information content (AvgIpc) is 1.99. The molecule has 0 bridgehead atoms. The summed E-state index contributed by atoms with van der Waals surface area (Å²) in [6.07, 6.45) is 0. The standard InChI is InChI=1S/C8H19N3O/c1-6(11-5-4-9)8(3,10)7(2)12/h6,11H,4-5,9-10H2,1-3H3. The SMILES string of the molecule is CC(=O)C(C)(N)C(C)NCCN. The van der Waals surface area contributed by atoms with Crippen LogP contribution in [0.4, 0.5) is 0 Å². The van der Waals surface area contributed by atoms with Gasteiger partial charge in [-0.3, -0.25) is 4.79 Å². The van der Waals surface area contributed by atoms with Gasteiger partial charge in [-0.15, -0.1) is 0 Å². The minimum atomic E-state index is -0.796. The maximum atomic E-state index is 11.1. The van der Waals surface area contributed by atoms with Gasteiger partial charge in [-0.05, 0) is 20.8 Å². The molecule has 0 rings (SSSR count). The second-order valence-corrected chi connectivity index (χ2v) is 3.30. The van der Waals surface area contributed by atoms with Crippen molar-refractivity contribution in [3.63, 3.8) is 0 Å². The summed E-state index contributed by atoms with van der Waals surface area (Å²) < 4.78 is 0. The Bertz CT molecular complexity index is 156. The Labute approximate surface area is 73.7 Å². The zero-order valence-electron chi connectivity index (χ0n) is 8.05. The minimum absolute atomic E-state index is 0.0143. The Morgan fingerprint density at radius 1 is 1.67 bits per heavy atom. The van der Waals surface area contributed by atoms with Gasteiger partial charge in [0.2, 0.25) is 0 Å². The summed E-state index contributed by atoms with van der Waals surface area (Å²) in [7, 11) is 0. The van der Waals surface area contributed by atoms with Crippen LogP contribution in [-0.4, -0.2) is 30.5 Å². The average molecular weight is 173 g/mol. The monoisotopic (exact) mass is 173 g/mol. The Morgan fingerprint density at radius 2 is 2.17 bits per heavy atom. The number of carbonyl (C=O) groups excluding carboxylic acids is 1. The molecule has 0 aromatic rings. The van der Waals surface area contributed by atoms with Gasteiger partial charge in [-0.2, -0.15) is 0 Å². The molecular weight excluding hydrogens is 154 g/mol. The lowest BCUT2D eigenvalue weighted by Crippen LogP contribution is -2.58. The van der Waals surface area contributed by atoms with Gasteiger partial charge in [0.25, 0.3) is 0 Å². The first kappa shape index (κ1) is 11.6. The van der Waals surface area contributed by atoms with Gasteiger partial charge < -0.3 is 16.8 Å². The van der Waals surface area contributed by atoms with E-state index in [1.165, 1.54) is 6.92 Å². The molecule has 0 aromatic heterocycles. The summed E-state index contributed by atoms with van der Waals surface area (Å²) in [5.41, 5.74) is 10.3. The minimum Gasteiger partial charge on any atom is -0.329 e. The van der Waals surface area contributed by atoms with Crippen molar-refractivity contribution in [2.75, 3.05) is 13.1 Å². The van der Waals surface area contributed by atoms with Crippen molar-refractivity contribution < 1.29 is 4.79 Å². The summed E-state index contributed by atoms with van der Waals surface area (Å²) in [6.45, 7) is 6.35. The Hall–Kier alpha value is -0.450.